The number of hydrazine groups is 1. The molecule has 1 aliphatic carbocycles. The number of ether oxygens (including phenoxy) is 4. The van der Waals surface area contributed by atoms with Crippen LogP contribution in [0, 0.1) is 26.4 Å². The Bertz CT molecular complexity index is 2160. The van der Waals surface area contributed by atoms with Gasteiger partial charge in [-0.25, -0.2) is 4.79 Å². The normalized spacial score (nSPS) is 13.9. The van der Waals surface area contributed by atoms with Crippen LogP contribution in [0.15, 0.2) is 30.5 Å². The molecule has 1 N–H and O–H groups in total. The molecule has 0 atom stereocenters. The third-order valence-electron chi connectivity index (χ3n) is 10.3. The Morgan fingerprint density at radius 1 is 1.05 bits per heavy atom. The van der Waals surface area contributed by atoms with E-state index in [0.29, 0.717) is 36.1 Å². The topological polar surface area (TPSA) is 117 Å². The molecule has 0 radical (unpaired) electrons. The second-order valence-electron chi connectivity index (χ2n) is 17.1. The van der Waals surface area contributed by atoms with Crippen molar-refractivity contribution in [2.24, 2.45) is 5.41 Å². The van der Waals surface area contributed by atoms with E-state index in [1.807, 2.05) is 0 Å². The average Bonchev–Trinajstić information content (AvgIpc) is 3.92. The van der Waals surface area contributed by atoms with Crippen molar-refractivity contribution in [3.63, 3.8) is 0 Å². The van der Waals surface area contributed by atoms with Gasteiger partial charge >= 0.3 is 208 Å². The minimum atomic E-state index is -2.03. The number of carbonyl (C=O) groups is 1. The maximum atomic E-state index is 17.3. The molecular weight excluding hydrogens is 941 g/mol. The average molecular weight is 995 g/mol. The Morgan fingerprint density at radius 3 is 2.42 bits per heavy atom. The van der Waals surface area contributed by atoms with Gasteiger partial charge in [-0.05, 0) is 58.2 Å². The quantitative estimate of drug-likeness (QED) is 0.0383. The van der Waals surface area contributed by atoms with Crippen LogP contribution in [0.2, 0.25) is 18.1 Å². The Balaban J connectivity index is 1.65. The molecule has 0 bridgehead atoms. The maximum absolute atomic E-state index is 17.3. The first kappa shape index (κ1) is 44.4. The number of fused-ring (bicyclic) bond motifs is 2. The van der Waals surface area contributed by atoms with Crippen LogP contribution in [0.5, 0.6) is 11.8 Å². The van der Waals surface area contributed by atoms with Crippen LogP contribution in [0.3, 0.4) is 0 Å². The molecule has 1 fully saturated rings. The maximum Gasteiger partial charge on any atom is 0.429 e. The van der Waals surface area contributed by atoms with Gasteiger partial charge < -0.3 is 9.16 Å². The second-order valence-corrected chi connectivity index (χ2v) is 23.1. The molecule has 304 valence electrons. The summed E-state index contributed by atoms with van der Waals surface area (Å²) in [6, 6.07) is 6.15. The minimum absolute atomic E-state index is 0.0465. The van der Waals surface area contributed by atoms with Crippen LogP contribution in [-0.4, -0.2) is 99.4 Å². The summed E-state index contributed by atoms with van der Waals surface area (Å²) in [7, 11) is -0.535. The van der Waals surface area contributed by atoms with E-state index in [-0.39, 0.29) is 89.2 Å². The van der Waals surface area contributed by atoms with Gasteiger partial charge in [0.25, 0.3) is 0 Å². The van der Waals surface area contributed by atoms with Gasteiger partial charge in [-0.15, -0.1) is 0 Å². The molecule has 4 aromatic rings. The molecule has 0 unspecified atom stereocenters. The van der Waals surface area contributed by atoms with E-state index in [4.69, 9.17) is 23.4 Å². The number of nitrogens with zero attached hydrogens (tertiary/aromatic N) is 4. The van der Waals surface area contributed by atoms with Crippen LogP contribution in [-0.2, 0) is 13.9 Å². The van der Waals surface area contributed by atoms with Crippen molar-refractivity contribution in [3.8, 4) is 32.4 Å². The van der Waals surface area contributed by atoms with E-state index in [1.165, 1.54) is 24.4 Å². The summed E-state index contributed by atoms with van der Waals surface area (Å²) in [5, 5.41) is 2.53. The van der Waals surface area contributed by atoms with Crippen molar-refractivity contribution in [2.75, 3.05) is 39.1 Å². The summed E-state index contributed by atoms with van der Waals surface area (Å²) in [6.07, 6.45) is 5.11. The third kappa shape index (κ3) is 10.9. The van der Waals surface area contributed by atoms with E-state index in [9.17, 15) is 4.79 Å². The van der Waals surface area contributed by atoms with Gasteiger partial charge in [0.15, 0.2) is 8.32 Å². The van der Waals surface area contributed by atoms with Crippen molar-refractivity contribution in [3.05, 3.63) is 47.7 Å². The summed E-state index contributed by atoms with van der Waals surface area (Å²) in [4.78, 5) is 27.4. The summed E-state index contributed by atoms with van der Waals surface area (Å²) in [6.45, 7) is 19.5. The van der Waals surface area contributed by atoms with Gasteiger partial charge in [0.2, 0.25) is 0 Å². The molecule has 1 amide bonds. The van der Waals surface area contributed by atoms with Crippen LogP contribution in [0.25, 0.3) is 32.9 Å². The Hall–Kier alpha value is -3.66. The fourth-order valence-electron chi connectivity index (χ4n) is 5.81. The summed E-state index contributed by atoms with van der Waals surface area (Å²) >= 11 is 0.282. The molecular formula is C42H54F2N5O6SiTl. The van der Waals surface area contributed by atoms with E-state index in [1.54, 1.807) is 39.0 Å². The molecule has 1 aliphatic rings. The third-order valence-corrected chi connectivity index (χ3v) is 15.4. The first-order chi connectivity index (χ1) is 26.8. The first-order valence-corrected chi connectivity index (χ1v) is 24.5. The number of carbonyl (C=O) groups excluding carboxylic acids is 1. The second kappa shape index (κ2) is 18.1. The van der Waals surface area contributed by atoms with Gasteiger partial charge in [0.05, 0.1) is 0 Å². The van der Waals surface area contributed by atoms with E-state index in [2.05, 4.69) is 70.6 Å². The zero-order valence-corrected chi connectivity index (χ0v) is 40.3. The zero-order valence-electron chi connectivity index (χ0n) is 34.8. The number of amides is 1. The smallest absolute Gasteiger partial charge is 0.429 e. The monoisotopic (exact) mass is 995 g/mol. The van der Waals surface area contributed by atoms with Crippen LogP contribution in [0.4, 0.5) is 19.4 Å². The number of nitrogens with one attached hydrogen (secondary N) is 1. The van der Waals surface area contributed by atoms with Gasteiger partial charge in [0.1, 0.15) is 5.60 Å². The summed E-state index contributed by atoms with van der Waals surface area (Å²) < 4.78 is 65.2. The molecule has 0 spiro atoms. The largest absolute Gasteiger partial charge is 0.442 e. The van der Waals surface area contributed by atoms with Crippen LogP contribution < -0.4 is 14.9 Å². The number of aromatic nitrogens is 3. The van der Waals surface area contributed by atoms with Crippen LogP contribution >= 0.6 is 0 Å². The van der Waals surface area contributed by atoms with Gasteiger partial charge in [0, 0.05) is 18.6 Å². The molecule has 57 heavy (non-hydrogen) atoms. The molecule has 2 heterocycles. The van der Waals surface area contributed by atoms with Crippen molar-refractivity contribution in [1.29, 1.82) is 0 Å². The number of hydrogen-bond acceptors (Lipinski definition) is 10. The Kier molecular flexibility index (Phi) is 14.1. The fourth-order valence-corrected chi connectivity index (χ4v) is 7.47. The Labute approximate surface area is 351 Å². The molecule has 2 aromatic heterocycles. The molecule has 0 saturated heterocycles. The van der Waals surface area contributed by atoms with E-state index in [0.717, 1.165) is 25.7 Å². The molecule has 1 saturated carbocycles. The molecule has 11 nitrogen and oxygen atoms in total. The van der Waals surface area contributed by atoms with Gasteiger partial charge in [-0.1, -0.05) is 40.5 Å². The molecule has 5 rings (SSSR count). The standard InChI is InChI=1S/C42H54F2N5O6Si.Tl/c1-12-14-15-20-49(39(50)55-40(3,4)5)48-37-31-23-45-35(30-22-28(53-26-51-9)21-27-16-17-32(43)29(13-2)33(27)30)34(44)36(31)46-38(47-37)52-24-42(18-19-42)25-54-56(10,11)41(6,7)8;/h16-17,21-23H,12,14-15,18-20,24-26H2,1,3-11H3,(H,46,47,48);. The Morgan fingerprint density at radius 2 is 1.79 bits per heavy atom. The number of anilines is 1. The van der Waals surface area contributed by atoms with Gasteiger partial charge in [-0.3, -0.25) is 0 Å². The molecule has 0 aliphatic heterocycles. The summed E-state index contributed by atoms with van der Waals surface area (Å²) in [5.74, 6) is 2.05. The number of unbranched alkanes of at least 4 members (excludes halogenated alkanes) is 2. The SMILES string of the molecule is CCCCCN(Nc1nc(OCC2(CO[Si](C)(C)C(C)(C)C)CC2)nc2c(F)c(-c3cc(OCOC)cc4ccc(F)c(C#[C][Tl])c34)ncc12)C(=O)OC(C)(C)C. The predicted molar refractivity (Wildman–Crippen MR) is 222 cm³/mol. The molecule has 15 heteroatoms. The predicted octanol–water partition coefficient (Wildman–Crippen LogP) is 9.52. The number of methoxy groups -OCH3 is 1. The summed E-state index contributed by atoms with van der Waals surface area (Å²) in [5.41, 5.74) is 2.27. The molecule has 2 aromatic carbocycles. The zero-order chi connectivity index (χ0) is 41.8. The number of pyridine rings is 1. The number of benzene rings is 2. The van der Waals surface area contributed by atoms with Crippen molar-refractivity contribution in [2.45, 2.75) is 104 Å². The fraction of sp³-hybridized carbons (Fsp3) is 0.524. The number of rotatable bonds is 16. The first-order valence-electron chi connectivity index (χ1n) is 19.3. The van der Waals surface area contributed by atoms with Crippen molar-refractivity contribution >= 4 is 67.7 Å². The van der Waals surface area contributed by atoms with Crippen molar-refractivity contribution in [1.82, 2.24) is 20.0 Å². The van der Waals surface area contributed by atoms with E-state index < -0.39 is 31.6 Å². The minimum Gasteiger partial charge on any atom is -0.442 e. The van der Waals surface area contributed by atoms with E-state index >= 15 is 8.78 Å². The number of halogens is 2. The van der Waals surface area contributed by atoms with Crippen LogP contribution in [0.1, 0.15) is 86.1 Å². The van der Waals surface area contributed by atoms with Crippen molar-refractivity contribution < 1.29 is 36.9 Å². The number of hydrogen-bond donors (Lipinski definition) is 1. The van der Waals surface area contributed by atoms with Gasteiger partial charge in [-0.2, -0.15) is 0 Å².